The minimum Gasteiger partial charge on any atom is -0.548 e. The molecule has 0 bridgehead atoms. The van der Waals surface area contributed by atoms with Gasteiger partial charge in [-0.2, -0.15) is 0 Å². The van der Waals surface area contributed by atoms with Crippen molar-refractivity contribution >= 4 is 28.5 Å². The van der Waals surface area contributed by atoms with Gasteiger partial charge in [-0.15, -0.1) is 0 Å². The number of aromatic nitrogens is 2. The van der Waals surface area contributed by atoms with E-state index in [9.17, 15) is 14.7 Å². The van der Waals surface area contributed by atoms with Crippen LogP contribution in [0.3, 0.4) is 0 Å². The smallest absolute Gasteiger partial charge is 0.548 e. The third kappa shape index (κ3) is 2.50. The molecule has 0 radical (unpaired) electrons. The fourth-order valence-corrected chi connectivity index (χ4v) is 3.24. The molecule has 0 spiro atoms. The second-order valence-corrected chi connectivity index (χ2v) is 5.45. The number of carboxylic acid groups (broad SMARTS) is 1. The number of amides is 1. The number of anilines is 1. The normalized spacial score (nSPS) is 12.6. The molecule has 0 aliphatic carbocycles. The van der Waals surface area contributed by atoms with Crippen molar-refractivity contribution in [3.63, 3.8) is 0 Å². The number of nitrogens with zero attached hydrogens (tertiary/aromatic N) is 2. The first-order chi connectivity index (χ1) is 11.1. The van der Waals surface area contributed by atoms with E-state index in [0.29, 0.717) is 11.4 Å². The molecule has 0 fully saturated rings. The van der Waals surface area contributed by atoms with E-state index in [1.165, 1.54) is 0 Å². The number of nitrogens with one attached hydrogen (secondary N) is 1. The van der Waals surface area contributed by atoms with E-state index in [0.717, 1.165) is 22.0 Å². The molecule has 3 heterocycles. The molecule has 4 rings (SSSR count). The summed E-state index contributed by atoms with van der Waals surface area (Å²) in [5, 5.41) is 14.9. The summed E-state index contributed by atoms with van der Waals surface area (Å²) in [5.41, 5.74) is 3.78. The number of carboxylic acids is 1. The van der Waals surface area contributed by atoms with Gasteiger partial charge in [-0.05, 0) is 29.8 Å². The van der Waals surface area contributed by atoms with Gasteiger partial charge in [-0.3, -0.25) is 9.78 Å². The van der Waals surface area contributed by atoms with Crippen LogP contribution in [-0.4, -0.2) is 21.4 Å². The molecule has 2 aromatic heterocycles. The first-order valence-corrected chi connectivity index (χ1v) is 7.19. The molecule has 114 valence electrons. The van der Waals surface area contributed by atoms with E-state index in [1.54, 1.807) is 29.1 Å². The number of aliphatic carboxylic acids is 1. The quantitative estimate of drug-likeness (QED) is 0.564. The van der Waals surface area contributed by atoms with Crippen molar-refractivity contribution in [3.05, 3.63) is 48.3 Å². The average molecular weight is 313 g/mol. The zero-order valence-electron chi connectivity index (χ0n) is 13.1. The van der Waals surface area contributed by atoms with E-state index in [2.05, 4.69) is 10.3 Å². The Balaban J connectivity index is 0.00000169. The Morgan fingerprint density at radius 3 is 2.83 bits per heavy atom. The van der Waals surface area contributed by atoms with E-state index < -0.39 is 5.97 Å². The summed E-state index contributed by atoms with van der Waals surface area (Å²) in [6.45, 7) is -0.279. The summed E-state index contributed by atoms with van der Waals surface area (Å²) < 4.78 is 1.68. The third-order valence-electron chi connectivity index (χ3n) is 4.02. The molecule has 7 heteroatoms. The second-order valence-electron chi connectivity index (χ2n) is 5.45. The maximum Gasteiger partial charge on any atom is 1.00 e. The van der Waals surface area contributed by atoms with Gasteiger partial charge in [0.25, 0.3) is 0 Å². The standard InChI is InChI=1S/C17H13N3O3.Li/c21-14-7-11-16-12(19-14)4-1-5-13(16)20(9-15(22)23)17(11)10-3-2-6-18-8-10;/h1-6,8H,7,9H2,(H,19,21)(H,22,23);/q;+1/p-1. The molecule has 6 nitrogen and oxygen atoms in total. The van der Waals surface area contributed by atoms with Crippen LogP contribution in [0.25, 0.3) is 22.2 Å². The Hall–Kier alpha value is -2.55. The van der Waals surface area contributed by atoms with Crippen LogP contribution in [0.2, 0.25) is 0 Å². The molecule has 3 aromatic rings. The minimum absolute atomic E-state index is 0. The fraction of sp³-hybridized carbons (Fsp3) is 0.118. The maximum atomic E-state index is 12.0. The molecule has 0 saturated heterocycles. The molecule has 1 amide bonds. The van der Waals surface area contributed by atoms with E-state index >= 15 is 0 Å². The predicted octanol–water partition coefficient (Wildman–Crippen LogP) is -2.05. The zero-order chi connectivity index (χ0) is 16.0. The van der Waals surface area contributed by atoms with Crippen LogP contribution in [0.1, 0.15) is 5.56 Å². The maximum absolute atomic E-state index is 12.0. The van der Waals surface area contributed by atoms with Gasteiger partial charge in [0.2, 0.25) is 5.91 Å². The number of carbonyl (C=O) groups is 2. The Morgan fingerprint density at radius 2 is 2.12 bits per heavy atom. The number of hydrogen-bond acceptors (Lipinski definition) is 4. The first-order valence-electron chi connectivity index (χ1n) is 7.19. The number of carbonyl (C=O) groups excluding carboxylic acids is 2. The fourth-order valence-electron chi connectivity index (χ4n) is 3.24. The third-order valence-corrected chi connectivity index (χ3v) is 4.02. The van der Waals surface area contributed by atoms with Crippen LogP contribution in [0.15, 0.2) is 42.7 Å². The van der Waals surface area contributed by atoms with Crippen LogP contribution in [0.5, 0.6) is 0 Å². The number of rotatable bonds is 3. The summed E-state index contributed by atoms with van der Waals surface area (Å²) in [4.78, 5) is 27.4. The van der Waals surface area contributed by atoms with Gasteiger partial charge >= 0.3 is 18.9 Å². The van der Waals surface area contributed by atoms with Crippen molar-refractivity contribution in [1.82, 2.24) is 9.55 Å². The van der Waals surface area contributed by atoms with Crippen LogP contribution in [0, 0.1) is 0 Å². The van der Waals surface area contributed by atoms with Crippen molar-refractivity contribution in [2.24, 2.45) is 0 Å². The number of hydrogen-bond donors (Lipinski definition) is 1. The molecule has 24 heavy (non-hydrogen) atoms. The van der Waals surface area contributed by atoms with Crippen molar-refractivity contribution in [1.29, 1.82) is 0 Å². The molecular weight excluding hydrogens is 301 g/mol. The molecule has 0 atom stereocenters. The molecule has 0 saturated carbocycles. The molecule has 1 aliphatic rings. The predicted molar refractivity (Wildman–Crippen MR) is 82.5 cm³/mol. The average Bonchev–Trinajstić information content (AvgIpc) is 2.83. The Morgan fingerprint density at radius 1 is 1.29 bits per heavy atom. The molecule has 1 aromatic carbocycles. The SMILES string of the molecule is O=C([O-])Cn1c(-c2cccnc2)c2c3c(cccc31)NC(=O)C2.[Li+]. The van der Waals surface area contributed by atoms with Gasteiger partial charge in [-0.1, -0.05) is 6.07 Å². The Labute approximate surface area is 149 Å². The van der Waals surface area contributed by atoms with Crippen LogP contribution >= 0.6 is 0 Å². The van der Waals surface area contributed by atoms with Crippen molar-refractivity contribution < 1.29 is 33.6 Å². The van der Waals surface area contributed by atoms with Gasteiger partial charge in [-0.25, -0.2) is 0 Å². The molecule has 1 aliphatic heterocycles. The molecule has 0 unspecified atom stereocenters. The largest absolute Gasteiger partial charge is 1.00 e. The van der Waals surface area contributed by atoms with E-state index in [-0.39, 0.29) is 37.7 Å². The molecule has 1 N–H and O–H groups in total. The number of pyridine rings is 1. The van der Waals surface area contributed by atoms with Crippen molar-refractivity contribution in [2.45, 2.75) is 13.0 Å². The zero-order valence-corrected chi connectivity index (χ0v) is 13.1. The Kier molecular flexibility index (Phi) is 4.18. The second kappa shape index (κ2) is 6.15. The van der Waals surface area contributed by atoms with Gasteiger partial charge in [0.05, 0.1) is 35.8 Å². The van der Waals surface area contributed by atoms with Gasteiger partial charge in [0.1, 0.15) is 0 Å². The van der Waals surface area contributed by atoms with Crippen LogP contribution in [0.4, 0.5) is 5.69 Å². The Bertz CT molecular complexity index is 951. The summed E-state index contributed by atoms with van der Waals surface area (Å²) >= 11 is 0. The van der Waals surface area contributed by atoms with Crippen molar-refractivity contribution in [3.8, 4) is 11.3 Å². The summed E-state index contributed by atoms with van der Waals surface area (Å²) in [7, 11) is 0. The molecular formula is C17H12LiN3O3. The number of benzene rings is 1. The van der Waals surface area contributed by atoms with Gasteiger partial charge in [0, 0.05) is 23.3 Å². The van der Waals surface area contributed by atoms with Crippen molar-refractivity contribution in [2.75, 3.05) is 5.32 Å². The van der Waals surface area contributed by atoms with Crippen LogP contribution < -0.4 is 29.3 Å². The van der Waals surface area contributed by atoms with Gasteiger partial charge in [0.15, 0.2) is 0 Å². The van der Waals surface area contributed by atoms with E-state index in [1.807, 2.05) is 18.2 Å². The van der Waals surface area contributed by atoms with Gasteiger partial charge < -0.3 is 19.8 Å². The first kappa shape index (κ1) is 16.3. The monoisotopic (exact) mass is 313 g/mol. The van der Waals surface area contributed by atoms with E-state index in [4.69, 9.17) is 0 Å². The summed E-state index contributed by atoms with van der Waals surface area (Å²) in [5.74, 6) is -1.29. The minimum atomic E-state index is -1.18. The van der Waals surface area contributed by atoms with Crippen LogP contribution in [-0.2, 0) is 22.6 Å². The summed E-state index contributed by atoms with van der Waals surface area (Å²) in [6, 6.07) is 9.11. The topological polar surface area (TPSA) is 87.0 Å². The summed E-state index contributed by atoms with van der Waals surface area (Å²) in [6.07, 6.45) is 3.53.